The SMILES string of the molecule is O=C(O)c1ccc(OC2CCOC2)nn1. The molecule has 2 heterocycles. The largest absolute Gasteiger partial charge is 0.476 e. The van der Waals surface area contributed by atoms with Crippen LogP contribution in [-0.2, 0) is 4.74 Å². The quantitative estimate of drug-likeness (QED) is 0.774. The second-order valence-corrected chi connectivity index (χ2v) is 3.17. The third-order valence-electron chi connectivity index (χ3n) is 2.03. The summed E-state index contributed by atoms with van der Waals surface area (Å²) >= 11 is 0. The number of carbonyl (C=O) groups is 1. The maximum Gasteiger partial charge on any atom is 0.356 e. The number of ether oxygens (including phenoxy) is 2. The van der Waals surface area contributed by atoms with Crippen molar-refractivity contribution >= 4 is 5.97 Å². The van der Waals surface area contributed by atoms with E-state index in [0.29, 0.717) is 19.1 Å². The Bertz CT molecular complexity index is 346. The highest BCUT2D eigenvalue weighted by molar-refractivity contribution is 5.84. The highest BCUT2D eigenvalue weighted by Crippen LogP contribution is 2.13. The Morgan fingerprint density at radius 1 is 1.53 bits per heavy atom. The summed E-state index contributed by atoms with van der Waals surface area (Å²) in [4.78, 5) is 10.5. The molecule has 1 aliphatic heterocycles. The van der Waals surface area contributed by atoms with E-state index in [2.05, 4.69) is 10.2 Å². The van der Waals surface area contributed by atoms with Crippen molar-refractivity contribution in [1.82, 2.24) is 10.2 Å². The summed E-state index contributed by atoms with van der Waals surface area (Å²) < 4.78 is 10.5. The number of hydrogen-bond donors (Lipinski definition) is 1. The molecule has 0 saturated carbocycles. The van der Waals surface area contributed by atoms with E-state index < -0.39 is 5.97 Å². The van der Waals surface area contributed by atoms with Gasteiger partial charge in [-0.3, -0.25) is 0 Å². The Morgan fingerprint density at radius 2 is 2.40 bits per heavy atom. The molecule has 1 aromatic heterocycles. The molecule has 0 bridgehead atoms. The van der Waals surface area contributed by atoms with Gasteiger partial charge >= 0.3 is 5.97 Å². The molecule has 6 nitrogen and oxygen atoms in total. The zero-order chi connectivity index (χ0) is 10.7. The van der Waals surface area contributed by atoms with E-state index in [1.54, 1.807) is 0 Å². The van der Waals surface area contributed by atoms with Gasteiger partial charge in [0.05, 0.1) is 13.2 Å². The second-order valence-electron chi connectivity index (χ2n) is 3.17. The van der Waals surface area contributed by atoms with E-state index >= 15 is 0 Å². The van der Waals surface area contributed by atoms with Crippen LogP contribution in [0, 0.1) is 0 Å². The normalized spacial score (nSPS) is 20.1. The van der Waals surface area contributed by atoms with Gasteiger partial charge in [0.15, 0.2) is 5.69 Å². The van der Waals surface area contributed by atoms with Gasteiger partial charge in [0.1, 0.15) is 6.10 Å². The van der Waals surface area contributed by atoms with Crippen molar-refractivity contribution in [3.05, 3.63) is 17.8 Å². The first kappa shape index (κ1) is 9.85. The van der Waals surface area contributed by atoms with Crippen molar-refractivity contribution in [3.63, 3.8) is 0 Å². The fourth-order valence-corrected chi connectivity index (χ4v) is 1.27. The van der Waals surface area contributed by atoms with Crippen LogP contribution in [0.4, 0.5) is 0 Å². The molecule has 2 rings (SSSR count). The Labute approximate surface area is 85.8 Å². The standard InChI is InChI=1S/C9H10N2O4/c12-9(13)7-1-2-8(11-10-7)15-6-3-4-14-5-6/h1-2,6H,3-5H2,(H,12,13). The first-order valence-corrected chi connectivity index (χ1v) is 4.57. The molecule has 15 heavy (non-hydrogen) atoms. The summed E-state index contributed by atoms with van der Waals surface area (Å²) in [6.07, 6.45) is 0.817. The Kier molecular flexibility index (Phi) is 2.77. The lowest BCUT2D eigenvalue weighted by Gasteiger charge is -2.09. The minimum Gasteiger partial charge on any atom is -0.476 e. The van der Waals surface area contributed by atoms with Crippen LogP contribution in [0.15, 0.2) is 12.1 Å². The van der Waals surface area contributed by atoms with Gasteiger partial charge in [-0.15, -0.1) is 10.2 Å². The maximum atomic E-state index is 10.5. The zero-order valence-corrected chi connectivity index (χ0v) is 7.92. The minimum absolute atomic E-state index is 0.00465. The Hall–Kier alpha value is -1.69. The molecule has 1 atom stereocenters. The van der Waals surface area contributed by atoms with Crippen LogP contribution in [0.5, 0.6) is 5.88 Å². The van der Waals surface area contributed by atoms with Gasteiger partial charge in [-0.1, -0.05) is 0 Å². The van der Waals surface area contributed by atoms with Crippen molar-refractivity contribution in [2.75, 3.05) is 13.2 Å². The van der Waals surface area contributed by atoms with E-state index in [4.69, 9.17) is 14.6 Å². The number of hydrogen-bond acceptors (Lipinski definition) is 5. The molecule has 1 aliphatic rings. The van der Waals surface area contributed by atoms with Gasteiger partial charge < -0.3 is 14.6 Å². The number of carboxylic acid groups (broad SMARTS) is 1. The van der Waals surface area contributed by atoms with Gasteiger partial charge in [0, 0.05) is 12.5 Å². The molecule has 1 N–H and O–H groups in total. The van der Waals surface area contributed by atoms with E-state index in [1.807, 2.05) is 0 Å². The molecule has 0 aliphatic carbocycles. The Morgan fingerprint density at radius 3 is 2.93 bits per heavy atom. The average molecular weight is 210 g/mol. The summed E-state index contributed by atoms with van der Waals surface area (Å²) in [6, 6.07) is 2.86. The molecule has 0 aromatic carbocycles. The predicted molar refractivity (Wildman–Crippen MR) is 48.8 cm³/mol. The van der Waals surface area contributed by atoms with Gasteiger partial charge in [-0.25, -0.2) is 4.79 Å². The van der Waals surface area contributed by atoms with Crippen LogP contribution in [0.3, 0.4) is 0 Å². The fraction of sp³-hybridized carbons (Fsp3) is 0.444. The van der Waals surface area contributed by atoms with E-state index in [-0.39, 0.29) is 11.8 Å². The first-order chi connectivity index (χ1) is 7.25. The lowest BCUT2D eigenvalue weighted by atomic mass is 10.3. The van der Waals surface area contributed by atoms with Crippen molar-refractivity contribution in [1.29, 1.82) is 0 Å². The molecule has 6 heteroatoms. The van der Waals surface area contributed by atoms with Crippen molar-refractivity contribution < 1.29 is 19.4 Å². The van der Waals surface area contributed by atoms with Gasteiger partial charge in [0.25, 0.3) is 0 Å². The molecule has 0 radical (unpaired) electrons. The van der Waals surface area contributed by atoms with Crippen LogP contribution >= 0.6 is 0 Å². The number of aromatic carboxylic acids is 1. The van der Waals surface area contributed by atoms with Crippen molar-refractivity contribution in [2.24, 2.45) is 0 Å². The lowest BCUT2D eigenvalue weighted by molar-refractivity contribution is 0.0688. The van der Waals surface area contributed by atoms with Crippen LogP contribution in [0.25, 0.3) is 0 Å². The summed E-state index contributed by atoms with van der Waals surface area (Å²) in [7, 11) is 0. The van der Waals surface area contributed by atoms with Gasteiger partial charge in [-0.05, 0) is 6.07 Å². The molecule has 1 saturated heterocycles. The molecule has 1 fully saturated rings. The van der Waals surface area contributed by atoms with E-state index in [0.717, 1.165) is 6.42 Å². The molecular formula is C9H10N2O4. The third-order valence-corrected chi connectivity index (χ3v) is 2.03. The number of aromatic nitrogens is 2. The zero-order valence-electron chi connectivity index (χ0n) is 7.92. The fourth-order valence-electron chi connectivity index (χ4n) is 1.27. The molecular weight excluding hydrogens is 200 g/mol. The number of carboxylic acids is 1. The monoisotopic (exact) mass is 210 g/mol. The molecule has 1 aromatic rings. The second kappa shape index (κ2) is 4.22. The molecule has 1 unspecified atom stereocenters. The Balaban J connectivity index is 2.00. The van der Waals surface area contributed by atoms with E-state index in [9.17, 15) is 4.79 Å². The van der Waals surface area contributed by atoms with Gasteiger partial charge in [-0.2, -0.15) is 0 Å². The lowest BCUT2D eigenvalue weighted by Crippen LogP contribution is -2.17. The third kappa shape index (κ3) is 2.41. The molecule has 0 amide bonds. The van der Waals surface area contributed by atoms with Crippen molar-refractivity contribution in [3.8, 4) is 5.88 Å². The minimum atomic E-state index is -1.10. The summed E-state index contributed by atoms with van der Waals surface area (Å²) in [6.45, 7) is 1.23. The number of nitrogens with zero attached hydrogens (tertiary/aromatic N) is 2. The van der Waals surface area contributed by atoms with E-state index in [1.165, 1.54) is 12.1 Å². The molecule has 0 spiro atoms. The summed E-state index contributed by atoms with van der Waals surface area (Å²) in [5.41, 5.74) is -0.0926. The van der Waals surface area contributed by atoms with Gasteiger partial charge in [0.2, 0.25) is 5.88 Å². The van der Waals surface area contributed by atoms with Crippen LogP contribution in [0.2, 0.25) is 0 Å². The molecule has 80 valence electrons. The van der Waals surface area contributed by atoms with Crippen LogP contribution in [0.1, 0.15) is 16.9 Å². The topological polar surface area (TPSA) is 81.5 Å². The smallest absolute Gasteiger partial charge is 0.356 e. The van der Waals surface area contributed by atoms with Crippen molar-refractivity contribution in [2.45, 2.75) is 12.5 Å². The summed E-state index contributed by atoms with van der Waals surface area (Å²) in [5.74, 6) is -0.770. The highest BCUT2D eigenvalue weighted by atomic mass is 16.5. The summed E-state index contributed by atoms with van der Waals surface area (Å²) in [5, 5.41) is 15.8. The first-order valence-electron chi connectivity index (χ1n) is 4.57. The number of rotatable bonds is 3. The predicted octanol–water partition coefficient (Wildman–Crippen LogP) is 0.342. The average Bonchev–Trinajstić information content (AvgIpc) is 2.71. The van der Waals surface area contributed by atoms with Crippen LogP contribution in [-0.4, -0.2) is 40.6 Å². The highest BCUT2D eigenvalue weighted by Gasteiger charge is 2.18. The van der Waals surface area contributed by atoms with Crippen LogP contribution < -0.4 is 4.74 Å². The maximum absolute atomic E-state index is 10.5.